The number of benzene rings is 1. The number of nitrogens with zero attached hydrogens (tertiary/aromatic N) is 1. The molecule has 0 radical (unpaired) electrons. The van der Waals surface area contributed by atoms with Gasteiger partial charge in [-0.2, -0.15) is 0 Å². The molecule has 110 valence electrons. The number of aliphatic carboxylic acids is 1. The summed E-state index contributed by atoms with van der Waals surface area (Å²) >= 11 is 6.08. The van der Waals surface area contributed by atoms with Crippen LogP contribution in [0.3, 0.4) is 0 Å². The van der Waals surface area contributed by atoms with Gasteiger partial charge in [0.1, 0.15) is 6.54 Å². The van der Waals surface area contributed by atoms with Crippen LogP contribution < -0.4 is 0 Å². The molecule has 1 amide bonds. The third-order valence-corrected chi connectivity index (χ3v) is 3.49. The summed E-state index contributed by atoms with van der Waals surface area (Å²) in [5, 5.41) is 9.51. The maximum atomic E-state index is 12.4. The number of halogens is 1. The van der Waals surface area contributed by atoms with E-state index in [0.717, 1.165) is 5.56 Å². The normalized spacial score (nSPS) is 12.2. The van der Waals surface area contributed by atoms with Crippen molar-refractivity contribution in [3.63, 3.8) is 0 Å². The Balaban J connectivity index is 2.79. The Morgan fingerprint density at radius 2 is 1.85 bits per heavy atom. The Morgan fingerprint density at radius 1 is 1.25 bits per heavy atom. The number of hydrogen-bond donors (Lipinski definition) is 1. The Kier molecular flexibility index (Phi) is 6.02. The number of amides is 1. The van der Waals surface area contributed by atoms with E-state index in [1.54, 1.807) is 13.0 Å². The average molecular weight is 298 g/mol. The van der Waals surface area contributed by atoms with E-state index in [4.69, 9.17) is 16.7 Å². The molecule has 0 aromatic heterocycles. The molecular formula is C15H20ClNO3. The van der Waals surface area contributed by atoms with Crippen LogP contribution >= 0.6 is 11.6 Å². The molecular weight excluding hydrogens is 278 g/mol. The molecule has 0 bridgehead atoms. The predicted molar refractivity (Wildman–Crippen MR) is 78.8 cm³/mol. The van der Waals surface area contributed by atoms with Crippen molar-refractivity contribution in [3.8, 4) is 0 Å². The molecule has 1 aromatic carbocycles. The molecule has 4 nitrogen and oxygen atoms in total. The minimum atomic E-state index is -1.00. The van der Waals surface area contributed by atoms with Gasteiger partial charge in [-0.1, -0.05) is 36.7 Å². The van der Waals surface area contributed by atoms with Crippen LogP contribution in [-0.2, 0) is 16.0 Å². The molecule has 1 aromatic rings. The number of carbonyl (C=O) groups is 2. The molecule has 20 heavy (non-hydrogen) atoms. The largest absolute Gasteiger partial charge is 0.480 e. The minimum Gasteiger partial charge on any atom is -0.480 e. The highest BCUT2D eigenvalue weighted by Gasteiger charge is 2.25. The molecule has 0 aliphatic carbocycles. The molecule has 1 unspecified atom stereocenters. The van der Waals surface area contributed by atoms with Gasteiger partial charge in [-0.05, 0) is 31.9 Å². The highest BCUT2D eigenvalue weighted by Crippen LogP contribution is 2.20. The highest BCUT2D eigenvalue weighted by atomic mass is 35.5. The van der Waals surface area contributed by atoms with Crippen LogP contribution in [0.15, 0.2) is 24.3 Å². The molecule has 0 aliphatic heterocycles. The highest BCUT2D eigenvalue weighted by molar-refractivity contribution is 6.31. The Bertz CT molecular complexity index is 488. The van der Waals surface area contributed by atoms with Crippen LogP contribution in [0.2, 0.25) is 5.02 Å². The summed E-state index contributed by atoms with van der Waals surface area (Å²) in [6, 6.07) is 7.22. The summed E-state index contributed by atoms with van der Waals surface area (Å²) in [7, 11) is 0. The number of rotatable bonds is 6. The van der Waals surface area contributed by atoms with Gasteiger partial charge in [0, 0.05) is 17.0 Å². The molecule has 5 heteroatoms. The maximum absolute atomic E-state index is 12.4. The zero-order chi connectivity index (χ0) is 15.3. The molecule has 0 aliphatic rings. The molecule has 0 saturated carbocycles. The lowest BCUT2D eigenvalue weighted by molar-refractivity contribution is -0.147. The standard InChI is InChI=1S/C15H20ClNO3/c1-10(2)17(9-14(18)19)15(20)11(3)8-12-6-4-5-7-13(12)16/h4-7,10-11H,8-9H2,1-3H3,(H,18,19). The number of carbonyl (C=O) groups excluding carboxylic acids is 1. The van der Waals surface area contributed by atoms with Crippen LogP contribution in [-0.4, -0.2) is 34.5 Å². The lowest BCUT2D eigenvalue weighted by atomic mass is 9.99. The molecule has 0 fully saturated rings. The van der Waals surface area contributed by atoms with Crippen LogP contribution in [0.1, 0.15) is 26.3 Å². The predicted octanol–water partition coefficient (Wildman–Crippen LogP) is 2.84. The van der Waals surface area contributed by atoms with Crippen molar-refractivity contribution in [3.05, 3.63) is 34.9 Å². The third-order valence-electron chi connectivity index (χ3n) is 3.12. The smallest absolute Gasteiger partial charge is 0.323 e. The second kappa shape index (κ2) is 7.29. The lowest BCUT2D eigenvalue weighted by Crippen LogP contribution is -2.43. The quantitative estimate of drug-likeness (QED) is 0.878. The summed E-state index contributed by atoms with van der Waals surface area (Å²) in [5.41, 5.74) is 0.897. The average Bonchev–Trinajstić information content (AvgIpc) is 2.37. The van der Waals surface area contributed by atoms with E-state index >= 15 is 0 Å². The summed E-state index contributed by atoms with van der Waals surface area (Å²) in [6.07, 6.45) is 0.501. The zero-order valence-electron chi connectivity index (χ0n) is 12.0. The van der Waals surface area contributed by atoms with Crippen molar-refractivity contribution in [2.24, 2.45) is 5.92 Å². The fourth-order valence-corrected chi connectivity index (χ4v) is 2.24. The van der Waals surface area contributed by atoms with E-state index in [1.807, 2.05) is 32.0 Å². The SMILES string of the molecule is CC(Cc1ccccc1Cl)C(=O)N(CC(=O)O)C(C)C. The number of carboxylic acids is 1. The van der Waals surface area contributed by atoms with Gasteiger partial charge in [0.25, 0.3) is 0 Å². The Labute approximate surface area is 124 Å². The maximum Gasteiger partial charge on any atom is 0.323 e. The number of hydrogen-bond acceptors (Lipinski definition) is 2. The Morgan fingerprint density at radius 3 is 2.35 bits per heavy atom. The van der Waals surface area contributed by atoms with E-state index in [-0.39, 0.29) is 24.4 Å². The van der Waals surface area contributed by atoms with Gasteiger partial charge in [-0.25, -0.2) is 0 Å². The van der Waals surface area contributed by atoms with Crippen molar-refractivity contribution < 1.29 is 14.7 Å². The number of carboxylic acid groups (broad SMARTS) is 1. The summed E-state index contributed by atoms with van der Waals surface area (Å²) in [4.78, 5) is 24.6. The van der Waals surface area contributed by atoms with Gasteiger partial charge in [0.2, 0.25) is 5.91 Å². The van der Waals surface area contributed by atoms with Crippen molar-refractivity contribution >= 4 is 23.5 Å². The van der Waals surface area contributed by atoms with Gasteiger partial charge < -0.3 is 10.0 Å². The van der Waals surface area contributed by atoms with Crippen molar-refractivity contribution in [2.45, 2.75) is 33.2 Å². The fraction of sp³-hybridized carbons (Fsp3) is 0.467. The first-order valence-corrected chi connectivity index (χ1v) is 6.96. The first-order chi connectivity index (χ1) is 9.32. The van der Waals surface area contributed by atoms with Crippen molar-refractivity contribution in [2.75, 3.05) is 6.54 Å². The summed E-state index contributed by atoms with van der Waals surface area (Å²) in [6.45, 7) is 5.14. The van der Waals surface area contributed by atoms with Crippen molar-refractivity contribution in [1.29, 1.82) is 0 Å². The molecule has 1 rings (SSSR count). The van der Waals surface area contributed by atoms with Gasteiger partial charge in [-0.15, -0.1) is 0 Å². The zero-order valence-corrected chi connectivity index (χ0v) is 12.7. The van der Waals surface area contributed by atoms with Gasteiger partial charge in [0.15, 0.2) is 0 Å². The van der Waals surface area contributed by atoms with Crippen LogP contribution in [0.25, 0.3) is 0 Å². The van der Waals surface area contributed by atoms with Crippen molar-refractivity contribution in [1.82, 2.24) is 4.90 Å². The topological polar surface area (TPSA) is 57.6 Å². The van der Waals surface area contributed by atoms with Gasteiger partial charge in [-0.3, -0.25) is 9.59 Å². The third kappa shape index (κ3) is 4.53. The first kappa shape index (κ1) is 16.5. The minimum absolute atomic E-state index is 0.146. The van der Waals surface area contributed by atoms with E-state index in [1.165, 1.54) is 4.90 Å². The summed E-state index contributed by atoms with van der Waals surface area (Å²) < 4.78 is 0. The fourth-order valence-electron chi connectivity index (χ4n) is 2.02. The molecule has 1 atom stereocenters. The molecule has 0 saturated heterocycles. The van der Waals surface area contributed by atoms with E-state index < -0.39 is 5.97 Å². The summed E-state index contributed by atoms with van der Waals surface area (Å²) in [5.74, 6) is -1.48. The second-order valence-electron chi connectivity index (χ2n) is 5.15. The molecule has 0 spiro atoms. The van der Waals surface area contributed by atoms with Gasteiger partial charge >= 0.3 is 5.97 Å². The van der Waals surface area contributed by atoms with Crippen LogP contribution in [0.4, 0.5) is 0 Å². The van der Waals surface area contributed by atoms with Crippen LogP contribution in [0.5, 0.6) is 0 Å². The first-order valence-electron chi connectivity index (χ1n) is 6.58. The molecule has 0 heterocycles. The van der Waals surface area contributed by atoms with Gasteiger partial charge in [0.05, 0.1) is 0 Å². The van der Waals surface area contributed by atoms with E-state index in [9.17, 15) is 9.59 Å². The van der Waals surface area contributed by atoms with E-state index in [2.05, 4.69) is 0 Å². The lowest BCUT2D eigenvalue weighted by Gasteiger charge is -2.28. The molecule has 1 N–H and O–H groups in total. The van der Waals surface area contributed by atoms with Crippen LogP contribution in [0, 0.1) is 5.92 Å². The Hall–Kier alpha value is -1.55. The second-order valence-corrected chi connectivity index (χ2v) is 5.56. The monoisotopic (exact) mass is 297 g/mol. The van der Waals surface area contributed by atoms with E-state index in [0.29, 0.717) is 11.4 Å².